The monoisotopic (exact) mass is 330 g/mol. The number of unbranched alkanes of at least 4 members (excludes halogenated alkanes) is 4. The van der Waals surface area contributed by atoms with Crippen molar-refractivity contribution < 1.29 is 28.9 Å². The fraction of sp³-hybridized carbons (Fsp3) is 0.882. The molecule has 1 fully saturated rings. The summed E-state index contributed by atoms with van der Waals surface area (Å²) in [6, 6.07) is 0. The molecule has 134 valence electrons. The molecule has 0 amide bonds. The SMILES string of the molecule is CCCCCC(=O)OC[C@@H]1OC[C@H](OC(=O)CCCCC)[C@H]1O. The van der Waals surface area contributed by atoms with Gasteiger partial charge >= 0.3 is 11.9 Å². The summed E-state index contributed by atoms with van der Waals surface area (Å²) in [5.74, 6) is -0.599. The summed E-state index contributed by atoms with van der Waals surface area (Å²) in [4.78, 5) is 23.2. The fourth-order valence-electron chi connectivity index (χ4n) is 2.42. The molecule has 1 N–H and O–H groups in total. The number of esters is 2. The number of aliphatic hydroxyl groups is 1. The van der Waals surface area contributed by atoms with Crippen LogP contribution in [0, 0.1) is 0 Å². The zero-order valence-corrected chi connectivity index (χ0v) is 14.3. The van der Waals surface area contributed by atoms with Gasteiger partial charge in [-0.05, 0) is 12.8 Å². The molecular formula is C17H30O6. The average Bonchev–Trinajstić information content (AvgIpc) is 2.86. The smallest absolute Gasteiger partial charge is 0.306 e. The second kappa shape index (κ2) is 11.4. The molecule has 1 aliphatic heterocycles. The van der Waals surface area contributed by atoms with Crippen LogP contribution in [0.25, 0.3) is 0 Å². The molecule has 1 saturated heterocycles. The average molecular weight is 330 g/mol. The highest BCUT2D eigenvalue weighted by Crippen LogP contribution is 2.19. The van der Waals surface area contributed by atoms with Crippen LogP contribution in [0.2, 0.25) is 0 Å². The minimum Gasteiger partial charge on any atom is -0.463 e. The Kier molecular flexibility index (Phi) is 9.87. The Labute approximate surface area is 138 Å². The summed E-state index contributed by atoms with van der Waals surface area (Å²) in [6.45, 7) is 4.26. The topological polar surface area (TPSA) is 82.1 Å². The lowest BCUT2D eigenvalue weighted by molar-refractivity contribution is -0.154. The van der Waals surface area contributed by atoms with Crippen molar-refractivity contribution in [2.24, 2.45) is 0 Å². The normalized spacial score (nSPS) is 23.7. The third kappa shape index (κ3) is 7.79. The van der Waals surface area contributed by atoms with Gasteiger partial charge in [0.2, 0.25) is 0 Å². The predicted molar refractivity (Wildman–Crippen MR) is 84.9 cm³/mol. The van der Waals surface area contributed by atoms with E-state index in [0.29, 0.717) is 12.8 Å². The first-order chi connectivity index (χ1) is 11.1. The van der Waals surface area contributed by atoms with E-state index in [1.54, 1.807) is 0 Å². The van der Waals surface area contributed by atoms with Crippen LogP contribution >= 0.6 is 0 Å². The molecule has 0 spiro atoms. The summed E-state index contributed by atoms with van der Waals surface area (Å²) < 4.78 is 15.7. The Morgan fingerprint density at radius 3 is 2.26 bits per heavy atom. The van der Waals surface area contributed by atoms with Crippen molar-refractivity contribution in [3.05, 3.63) is 0 Å². The Hall–Kier alpha value is -1.14. The van der Waals surface area contributed by atoms with Crippen LogP contribution in [0.3, 0.4) is 0 Å². The van der Waals surface area contributed by atoms with Gasteiger partial charge in [-0.2, -0.15) is 0 Å². The Balaban J connectivity index is 2.22. The van der Waals surface area contributed by atoms with Gasteiger partial charge in [-0.1, -0.05) is 39.5 Å². The number of hydrogen-bond donors (Lipinski definition) is 1. The van der Waals surface area contributed by atoms with Crippen LogP contribution < -0.4 is 0 Å². The largest absolute Gasteiger partial charge is 0.463 e. The van der Waals surface area contributed by atoms with Gasteiger partial charge in [0.05, 0.1) is 6.61 Å². The molecule has 6 nitrogen and oxygen atoms in total. The molecule has 23 heavy (non-hydrogen) atoms. The molecule has 0 saturated carbocycles. The van der Waals surface area contributed by atoms with Crippen molar-refractivity contribution in [1.29, 1.82) is 0 Å². The second-order valence-corrected chi connectivity index (χ2v) is 5.99. The highest BCUT2D eigenvalue weighted by molar-refractivity contribution is 5.70. The molecule has 1 rings (SSSR count). The lowest BCUT2D eigenvalue weighted by Crippen LogP contribution is -2.36. The molecule has 0 aromatic rings. The van der Waals surface area contributed by atoms with E-state index in [2.05, 4.69) is 13.8 Å². The highest BCUT2D eigenvalue weighted by atomic mass is 16.6. The lowest BCUT2D eigenvalue weighted by Gasteiger charge is -2.17. The van der Waals surface area contributed by atoms with Crippen LogP contribution in [-0.4, -0.2) is 48.6 Å². The summed E-state index contributed by atoms with van der Waals surface area (Å²) >= 11 is 0. The fourth-order valence-corrected chi connectivity index (χ4v) is 2.42. The van der Waals surface area contributed by atoms with Gasteiger partial charge in [0.15, 0.2) is 6.10 Å². The lowest BCUT2D eigenvalue weighted by atomic mass is 10.1. The van der Waals surface area contributed by atoms with Gasteiger partial charge < -0.3 is 19.3 Å². The zero-order chi connectivity index (χ0) is 17.1. The molecule has 0 unspecified atom stereocenters. The van der Waals surface area contributed by atoms with Crippen LogP contribution in [0.15, 0.2) is 0 Å². The number of ether oxygens (including phenoxy) is 3. The van der Waals surface area contributed by atoms with Crippen LogP contribution in [0.4, 0.5) is 0 Å². The van der Waals surface area contributed by atoms with Crippen molar-refractivity contribution in [2.75, 3.05) is 13.2 Å². The maximum Gasteiger partial charge on any atom is 0.306 e. The van der Waals surface area contributed by atoms with Gasteiger partial charge in [-0.3, -0.25) is 9.59 Å². The third-order valence-electron chi connectivity index (χ3n) is 3.90. The second-order valence-electron chi connectivity index (χ2n) is 5.99. The summed E-state index contributed by atoms with van der Waals surface area (Å²) in [6.07, 6.45) is 4.14. The van der Waals surface area contributed by atoms with Gasteiger partial charge in [-0.25, -0.2) is 0 Å². The van der Waals surface area contributed by atoms with Gasteiger partial charge in [0, 0.05) is 12.8 Å². The predicted octanol–water partition coefficient (Wildman–Crippen LogP) is 2.36. The van der Waals surface area contributed by atoms with Crippen LogP contribution in [0.5, 0.6) is 0 Å². The van der Waals surface area contributed by atoms with E-state index in [0.717, 1.165) is 38.5 Å². The summed E-state index contributed by atoms with van der Waals surface area (Å²) in [7, 11) is 0. The van der Waals surface area contributed by atoms with Crippen molar-refractivity contribution in [1.82, 2.24) is 0 Å². The molecular weight excluding hydrogens is 300 g/mol. The maximum atomic E-state index is 11.7. The molecule has 1 heterocycles. The van der Waals surface area contributed by atoms with E-state index >= 15 is 0 Å². The summed E-state index contributed by atoms with van der Waals surface area (Å²) in [5.41, 5.74) is 0. The first kappa shape index (κ1) is 19.9. The zero-order valence-electron chi connectivity index (χ0n) is 14.3. The molecule has 1 aliphatic rings. The number of carbonyl (C=O) groups is 2. The highest BCUT2D eigenvalue weighted by Gasteiger charge is 2.39. The van der Waals surface area contributed by atoms with Crippen molar-refractivity contribution in [3.8, 4) is 0 Å². The van der Waals surface area contributed by atoms with Gasteiger partial charge in [0.1, 0.15) is 18.8 Å². The van der Waals surface area contributed by atoms with E-state index in [1.165, 1.54) is 0 Å². The Morgan fingerprint density at radius 1 is 1.04 bits per heavy atom. The van der Waals surface area contributed by atoms with Crippen LogP contribution in [0.1, 0.15) is 65.2 Å². The Bertz CT molecular complexity index is 357. The molecule has 0 bridgehead atoms. The minimum absolute atomic E-state index is 0.00396. The number of aliphatic hydroxyl groups excluding tert-OH is 1. The number of rotatable bonds is 11. The molecule has 6 heteroatoms. The maximum absolute atomic E-state index is 11.7. The van der Waals surface area contributed by atoms with E-state index in [-0.39, 0.29) is 25.2 Å². The Morgan fingerprint density at radius 2 is 1.65 bits per heavy atom. The van der Waals surface area contributed by atoms with Crippen LogP contribution in [-0.2, 0) is 23.8 Å². The third-order valence-corrected chi connectivity index (χ3v) is 3.90. The minimum atomic E-state index is -0.950. The standard InChI is InChI=1S/C17H30O6/c1-3-5-7-9-15(18)22-11-13-17(20)14(12-21-13)23-16(19)10-8-6-4-2/h13-14,17,20H,3-12H2,1-2H3/t13-,14-,17-/m0/s1. The summed E-state index contributed by atoms with van der Waals surface area (Å²) in [5, 5.41) is 10.1. The van der Waals surface area contributed by atoms with E-state index < -0.39 is 18.3 Å². The van der Waals surface area contributed by atoms with E-state index in [1.807, 2.05) is 0 Å². The molecule has 0 aliphatic carbocycles. The van der Waals surface area contributed by atoms with Gasteiger partial charge in [0.25, 0.3) is 0 Å². The van der Waals surface area contributed by atoms with E-state index in [4.69, 9.17) is 14.2 Å². The van der Waals surface area contributed by atoms with Crippen molar-refractivity contribution >= 4 is 11.9 Å². The van der Waals surface area contributed by atoms with E-state index in [9.17, 15) is 14.7 Å². The number of carbonyl (C=O) groups excluding carboxylic acids is 2. The first-order valence-corrected chi connectivity index (χ1v) is 8.73. The van der Waals surface area contributed by atoms with Crippen molar-refractivity contribution in [3.63, 3.8) is 0 Å². The molecule has 0 aromatic carbocycles. The van der Waals surface area contributed by atoms with Crippen molar-refractivity contribution in [2.45, 2.75) is 83.5 Å². The molecule has 0 aromatic heterocycles. The molecule has 3 atom stereocenters. The first-order valence-electron chi connectivity index (χ1n) is 8.73. The van der Waals surface area contributed by atoms with Gasteiger partial charge in [-0.15, -0.1) is 0 Å². The quantitative estimate of drug-likeness (QED) is 0.462. The molecule has 0 radical (unpaired) electrons. The number of hydrogen-bond acceptors (Lipinski definition) is 6.